The third-order valence-electron chi connectivity index (χ3n) is 2.43. The molecule has 0 aromatic heterocycles. The van der Waals surface area contributed by atoms with Crippen LogP contribution in [0.25, 0.3) is 0 Å². The van der Waals surface area contributed by atoms with Crippen molar-refractivity contribution < 1.29 is 19.4 Å². The van der Waals surface area contributed by atoms with Gasteiger partial charge in [0.2, 0.25) is 0 Å². The van der Waals surface area contributed by atoms with Gasteiger partial charge in [-0.2, -0.15) is 0 Å². The van der Waals surface area contributed by atoms with E-state index in [1.165, 1.54) is 0 Å². The normalized spacial score (nSPS) is 12.2. The molecule has 0 saturated heterocycles. The van der Waals surface area contributed by atoms with Crippen molar-refractivity contribution in [1.82, 2.24) is 0 Å². The zero-order valence-electron chi connectivity index (χ0n) is 10.3. The second kappa shape index (κ2) is 6.72. The Kier molecular flexibility index (Phi) is 5.58. The van der Waals surface area contributed by atoms with Crippen molar-refractivity contribution in [3.05, 3.63) is 27.7 Å². The predicted octanol–water partition coefficient (Wildman–Crippen LogP) is 1.87. The number of nitrogens with two attached hydrogens (primary N) is 1. The van der Waals surface area contributed by atoms with Crippen LogP contribution in [0.3, 0.4) is 0 Å². The minimum Gasteiger partial charge on any atom is -0.496 e. The van der Waals surface area contributed by atoms with Gasteiger partial charge in [-0.15, -0.1) is 0 Å². The van der Waals surface area contributed by atoms with Crippen LogP contribution in [-0.4, -0.2) is 31.4 Å². The van der Waals surface area contributed by atoms with E-state index in [9.17, 15) is 4.79 Å². The van der Waals surface area contributed by atoms with E-state index in [-0.39, 0.29) is 13.2 Å². The van der Waals surface area contributed by atoms with Crippen LogP contribution in [-0.2, 0) is 9.53 Å². The summed E-state index contributed by atoms with van der Waals surface area (Å²) < 4.78 is 11.2. The molecule has 1 unspecified atom stereocenters. The molecule has 0 fully saturated rings. The summed E-state index contributed by atoms with van der Waals surface area (Å²) in [5.74, 6) is -0.346. The summed E-state index contributed by atoms with van der Waals surface area (Å²) in [6.45, 7) is 1.71. The summed E-state index contributed by atoms with van der Waals surface area (Å²) in [5, 5.41) is 8.48. The summed E-state index contributed by atoms with van der Waals surface area (Å²) >= 11 is 3.42. The van der Waals surface area contributed by atoms with E-state index in [0.29, 0.717) is 5.75 Å². The first kappa shape index (κ1) is 14.9. The van der Waals surface area contributed by atoms with Crippen molar-refractivity contribution in [1.29, 1.82) is 0 Å². The van der Waals surface area contributed by atoms with E-state index in [4.69, 9.17) is 20.3 Å². The van der Waals surface area contributed by atoms with Crippen LogP contribution in [0, 0.1) is 6.92 Å². The van der Waals surface area contributed by atoms with Gasteiger partial charge in [0.05, 0.1) is 19.8 Å². The zero-order chi connectivity index (χ0) is 13.7. The summed E-state index contributed by atoms with van der Waals surface area (Å²) in [7, 11) is 1.57. The highest BCUT2D eigenvalue weighted by atomic mass is 79.9. The Hall–Kier alpha value is -1.11. The third-order valence-corrected chi connectivity index (χ3v) is 3.29. The molecule has 5 nitrogen and oxygen atoms in total. The van der Waals surface area contributed by atoms with Gasteiger partial charge in [0.15, 0.2) is 0 Å². The van der Waals surface area contributed by atoms with Gasteiger partial charge in [0.25, 0.3) is 0 Å². The van der Waals surface area contributed by atoms with Crippen LogP contribution in [0.2, 0.25) is 0 Å². The second-order valence-electron chi connectivity index (χ2n) is 3.86. The van der Waals surface area contributed by atoms with Crippen LogP contribution >= 0.6 is 15.9 Å². The van der Waals surface area contributed by atoms with Crippen molar-refractivity contribution in [3.63, 3.8) is 0 Å². The number of ether oxygens (including phenoxy) is 2. The van der Waals surface area contributed by atoms with Crippen LogP contribution in [0.15, 0.2) is 16.6 Å². The molecule has 18 heavy (non-hydrogen) atoms. The van der Waals surface area contributed by atoms with E-state index in [1.807, 2.05) is 19.1 Å². The smallest absolute Gasteiger partial charge is 0.329 e. The van der Waals surface area contributed by atoms with Gasteiger partial charge < -0.3 is 20.3 Å². The molecule has 0 aliphatic carbocycles. The molecule has 1 aromatic carbocycles. The maximum absolute atomic E-state index is 10.3. The summed E-state index contributed by atoms with van der Waals surface area (Å²) in [4.78, 5) is 10.3. The van der Waals surface area contributed by atoms with Gasteiger partial charge >= 0.3 is 5.97 Å². The van der Waals surface area contributed by atoms with Crippen molar-refractivity contribution in [2.45, 2.75) is 13.0 Å². The average molecular weight is 318 g/mol. The molecule has 0 amide bonds. The molecule has 1 aromatic rings. The molecule has 100 valence electrons. The van der Waals surface area contributed by atoms with E-state index >= 15 is 0 Å². The molecule has 0 spiro atoms. The molecule has 3 N–H and O–H groups in total. The lowest BCUT2D eigenvalue weighted by atomic mass is 10.0. The molecule has 0 aliphatic rings. The number of benzene rings is 1. The molecule has 6 heteroatoms. The number of carboxylic acid groups (broad SMARTS) is 1. The van der Waals surface area contributed by atoms with E-state index < -0.39 is 12.0 Å². The van der Waals surface area contributed by atoms with Crippen molar-refractivity contribution in [3.8, 4) is 5.75 Å². The monoisotopic (exact) mass is 317 g/mol. The number of rotatable bonds is 6. The molecule has 0 heterocycles. The Morgan fingerprint density at radius 3 is 2.78 bits per heavy atom. The number of methoxy groups -OCH3 is 1. The Labute approximate surface area is 114 Å². The molecule has 0 bridgehead atoms. The molecule has 0 aliphatic heterocycles. The molecule has 0 radical (unpaired) electrons. The topological polar surface area (TPSA) is 81.8 Å². The second-order valence-corrected chi connectivity index (χ2v) is 4.71. The van der Waals surface area contributed by atoms with E-state index in [1.54, 1.807) is 7.11 Å². The first-order valence-corrected chi connectivity index (χ1v) is 6.14. The van der Waals surface area contributed by atoms with Gasteiger partial charge in [-0.25, -0.2) is 4.79 Å². The Morgan fingerprint density at radius 1 is 1.56 bits per heavy atom. The lowest BCUT2D eigenvalue weighted by Gasteiger charge is -2.17. The third kappa shape index (κ3) is 3.97. The van der Waals surface area contributed by atoms with Gasteiger partial charge in [-0.3, -0.25) is 0 Å². The number of aryl methyl sites for hydroxylation is 1. The predicted molar refractivity (Wildman–Crippen MR) is 70.8 cm³/mol. The number of carbonyl (C=O) groups is 1. The highest BCUT2D eigenvalue weighted by Crippen LogP contribution is 2.30. The van der Waals surface area contributed by atoms with Crippen LogP contribution in [0.4, 0.5) is 0 Å². The first-order chi connectivity index (χ1) is 8.45. The standard InChI is InChI=1S/C12H16BrNO4/c1-7-3-11(17-2)8(4-9(7)13)10(14)5-18-6-12(15)16/h3-4,10H,5-6,14H2,1-2H3,(H,15,16). The summed E-state index contributed by atoms with van der Waals surface area (Å²) in [5.41, 5.74) is 7.77. The lowest BCUT2D eigenvalue weighted by Crippen LogP contribution is -2.20. The fourth-order valence-electron chi connectivity index (χ4n) is 1.50. The summed E-state index contributed by atoms with van der Waals surface area (Å²) in [6.07, 6.45) is 0. The summed E-state index contributed by atoms with van der Waals surface area (Å²) in [6, 6.07) is 3.30. The van der Waals surface area contributed by atoms with Crippen molar-refractivity contribution in [2.75, 3.05) is 20.3 Å². The van der Waals surface area contributed by atoms with Crippen molar-refractivity contribution >= 4 is 21.9 Å². The van der Waals surface area contributed by atoms with E-state index in [0.717, 1.165) is 15.6 Å². The largest absolute Gasteiger partial charge is 0.496 e. The van der Waals surface area contributed by atoms with Gasteiger partial charge in [0.1, 0.15) is 12.4 Å². The zero-order valence-corrected chi connectivity index (χ0v) is 11.9. The SMILES string of the molecule is COc1cc(C)c(Br)cc1C(N)COCC(=O)O. The van der Waals surface area contributed by atoms with Crippen molar-refractivity contribution in [2.24, 2.45) is 5.73 Å². The highest BCUT2D eigenvalue weighted by molar-refractivity contribution is 9.10. The molecular formula is C12H16BrNO4. The number of hydrogen-bond acceptors (Lipinski definition) is 4. The average Bonchev–Trinajstić information content (AvgIpc) is 2.31. The minimum atomic E-state index is -1.01. The van der Waals surface area contributed by atoms with Gasteiger partial charge in [0, 0.05) is 10.0 Å². The molecule has 0 saturated carbocycles. The van der Waals surface area contributed by atoms with Crippen LogP contribution in [0.1, 0.15) is 17.2 Å². The number of aliphatic carboxylic acids is 1. The number of carboxylic acids is 1. The molecule has 1 atom stereocenters. The fourth-order valence-corrected chi connectivity index (χ4v) is 1.86. The quantitative estimate of drug-likeness (QED) is 0.837. The Bertz CT molecular complexity index is 436. The Balaban J connectivity index is 2.80. The highest BCUT2D eigenvalue weighted by Gasteiger charge is 2.14. The maximum atomic E-state index is 10.3. The van der Waals surface area contributed by atoms with Gasteiger partial charge in [-0.1, -0.05) is 15.9 Å². The van der Waals surface area contributed by atoms with Crippen LogP contribution in [0.5, 0.6) is 5.75 Å². The molecular weight excluding hydrogens is 302 g/mol. The minimum absolute atomic E-state index is 0.123. The van der Waals surface area contributed by atoms with Gasteiger partial charge in [-0.05, 0) is 24.6 Å². The maximum Gasteiger partial charge on any atom is 0.329 e. The number of hydrogen-bond donors (Lipinski definition) is 2. The Morgan fingerprint density at radius 2 is 2.22 bits per heavy atom. The fraction of sp³-hybridized carbons (Fsp3) is 0.417. The van der Waals surface area contributed by atoms with Crippen LogP contribution < -0.4 is 10.5 Å². The molecule has 1 rings (SSSR count). The first-order valence-electron chi connectivity index (χ1n) is 5.34. The number of halogens is 1. The lowest BCUT2D eigenvalue weighted by molar-refractivity contribution is -0.142. The van der Waals surface area contributed by atoms with E-state index in [2.05, 4.69) is 15.9 Å².